The summed E-state index contributed by atoms with van der Waals surface area (Å²) in [5, 5.41) is 0. The Hall–Kier alpha value is -1.40. The number of Topliss-reactive ketones (excluding diaryl/α,β-unsaturated/α-hetero) is 1. The van der Waals surface area contributed by atoms with Gasteiger partial charge in [0.1, 0.15) is 12.4 Å². The molecule has 5 nitrogen and oxygen atoms in total. The summed E-state index contributed by atoms with van der Waals surface area (Å²) in [5.41, 5.74) is 1.98. The summed E-state index contributed by atoms with van der Waals surface area (Å²) in [6.07, 6.45) is 1.21. The van der Waals surface area contributed by atoms with Crippen molar-refractivity contribution in [1.29, 1.82) is 0 Å². The summed E-state index contributed by atoms with van der Waals surface area (Å²) < 4.78 is 12.5. The molecular weight excluding hydrogens is 298 g/mol. The largest absolute Gasteiger partial charge is 0.461 e. The fourth-order valence-corrected chi connectivity index (χ4v) is 3.29. The molecule has 0 saturated heterocycles. The molecule has 1 aliphatic carbocycles. The minimum atomic E-state index is -1.15. The summed E-state index contributed by atoms with van der Waals surface area (Å²) in [6.45, 7) is 9.85. The van der Waals surface area contributed by atoms with E-state index in [1.807, 2.05) is 0 Å². The van der Waals surface area contributed by atoms with Gasteiger partial charge in [-0.05, 0) is 31.0 Å². The predicted octanol–water partition coefficient (Wildman–Crippen LogP) is 3.11. The Kier molecular flexibility index (Phi) is 5.23. The van der Waals surface area contributed by atoms with E-state index < -0.39 is 14.0 Å². The van der Waals surface area contributed by atoms with E-state index in [9.17, 15) is 9.59 Å². The molecule has 0 aliphatic heterocycles. The van der Waals surface area contributed by atoms with Crippen LogP contribution >= 0.6 is 0 Å². The lowest BCUT2D eigenvalue weighted by Crippen LogP contribution is -2.23. The van der Waals surface area contributed by atoms with Crippen LogP contribution in [-0.2, 0) is 22.6 Å². The number of ether oxygens (including phenoxy) is 2. The number of hydrogen-bond acceptors (Lipinski definition) is 4. The standard InChI is InChI=1S/C16H25NO4Si/c1-5-21-16(19)13-10-12-6-7-14(18)15(12)17(13)11-20-8-9-22(2,3)4/h10H,5-9,11H2,1-4H3. The Labute approximate surface area is 132 Å². The molecule has 0 bridgehead atoms. The van der Waals surface area contributed by atoms with Crippen LogP contribution in [0.4, 0.5) is 0 Å². The van der Waals surface area contributed by atoms with Gasteiger partial charge >= 0.3 is 5.97 Å². The van der Waals surface area contributed by atoms with Gasteiger partial charge in [0.25, 0.3) is 0 Å². The van der Waals surface area contributed by atoms with E-state index in [-0.39, 0.29) is 12.5 Å². The van der Waals surface area contributed by atoms with E-state index in [2.05, 4.69) is 19.6 Å². The van der Waals surface area contributed by atoms with Crippen LogP contribution in [0.1, 0.15) is 39.9 Å². The number of fused-ring (bicyclic) bond motifs is 1. The summed E-state index contributed by atoms with van der Waals surface area (Å²) in [4.78, 5) is 24.1. The molecule has 2 rings (SSSR count). The first kappa shape index (κ1) is 17.0. The molecule has 0 N–H and O–H groups in total. The second kappa shape index (κ2) is 6.79. The Morgan fingerprint density at radius 1 is 1.32 bits per heavy atom. The van der Waals surface area contributed by atoms with Gasteiger partial charge in [-0.15, -0.1) is 0 Å². The van der Waals surface area contributed by atoms with Crippen LogP contribution in [0.5, 0.6) is 0 Å². The monoisotopic (exact) mass is 323 g/mol. The van der Waals surface area contributed by atoms with Crippen molar-refractivity contribution in [2.24, 2.45) is 0 Å². The van der Waals surface area contributed by atoms with Crippen LogP contribution in [0.25, 0.3) is 0 Å². The number of ketones is 1. The van der Waals surface area contributed by atoms with Crippen LogP contribution in [0.15, 0.2) is 6.07 Å². The quantitative estimate of drug-likeness (QED) is 0.439. The van der Waals surface area contributed by atoms with Gasteiger partial charge in [0.05, 0.1) is 12.3 Å². The fraction of sp³-hybridized carbons (Fsp3) is 0.625. The van der Waals surface area contributed by atoms with Gasteiger partial charge < -0.3 is 14.0 Å². The highest BCUT2D eigenvalue weighted by Crippen LogP contribution is 2.26. The lowest BCUT2D eigenvalue weighted by Gasteiger charge is -2.17. The SMILES string of the molecule is CCOC(=O)c1cc2c(n1COCC[Si](C)(C)C)C(=O)CC2. The van der Waals surface area contributed by atoms with Gasteiger partial charge in [-0.1, -0.05) is 19.6 Å². The first-order valence-electron chi connectivity index (χ1n) is 7.84. The van der Waals surface area contributed by atoms with Crippen molar-refractivity contribution in [2.45, 2.75) is 52.2 Å². The van der Waals surface area contributed by atoms with E-state index in [1.165, 1.54) is 0 Å². The van der Waals surface area contributed by atoms with Gasteiger partial charge in [-0.3, -0.25) is 4.79 Å². The predicted molar refractivity (Wildman–Crippen MR) is 87.1 cm³/mol. The molecule has 0 atom stereocenters. The molecule has 1 heterocycles. The summed E-state index contributed by atoms with van der Waals surface area (Å²) >= 11 is 0. The molecule has 6 heteroatoms. The van der Waals surface area contributed by atoms with Gasteiger partial charge in [0, 0.05) is 21.1 Å². The van der Waals surface area contributed by atoms with Crippen LogP contribution in [0, 0.1) is 0 Å². The molecule has 0 saturated carbocycles. The molecular formula is C16H25NO4Si. The van der Waals surface area contributed by atoms with Gasteiger partial charge in [0.15, 0.2) is 5.78 Å². The van der Waals surface area contributed by atoms with Crippen molar-refractivity contribution in [2.75, 3.05) is 13.2 Å². The normalized spacial score (nSPS) is 14.3. The Morgan fingerprint density at radius 3 is 2.68 bits per heavy atom. The molecule has 1 aliphatic rings. The lowest BCUT2D eigenvalue weighted by atomic mass is 10.2. The van der Waals surface area contributed by atoms with E-state index in [0.717, 1.165) is 11.6 Å². The minimum absolute atomic E-state index is 0.0827. The topological polar surface area (TPSA) is 57.5 Å². The number of carbonyl (C=O) groups excluding carboxylic acids is 2. The molecule has 1 aromatic rings. The molecule has 0 amide bonds. The third-order valence-corrected chi connectivity index (χ3v) is 5.47. The Balaban J connectivity index is 2.13. The van der Waals surface area contributed by atoms with E-state index in [1.54, 1.807) is 17.6 Å². The van der Waals surface area contributed by atoms with Crippen molar-refractivity contribution in [3.05, 3.63) is 23.0 Å². The highest BCUT2D eigenvalue weighted by Gasteiger charge is 2.29. The van der Waals surface area contributed by atoms with E-state index in [4.69, 9.17) is 9.47 Å². The average Bonchev–Trinajstić information content (AvgIpc) is 2.95. The molecule has 1 aromatic heterocycles. The Morgan fingerprint density at radius 2 is 2.05 bits per heavy atom. The number of nitrogens with zero attached hydrogens (tertiary/aromatic N) is 1. The zero-order valence-corrected chi connectivity index (χ0v) is 14.9. The highest BCUT2D eigenvalue weighted by atomic mass is 28.3. The van der Waals surface area contributed by atoms with Crippen molar-refractivity contribution < 1.29 is 19.1 Å². The zero-order valence-electron chi connectivity index (χ0n) is 13.9. The zero-order chi connectivity index (χ0) is 16.3. The maximum absolute atomic E-state index is 12.1. The maximum atomic E-state index is 12.1. The number of aromatic nitrogens is 1. The number of carbonyl (C=O) groups is 2. The highest BCUT2D eigenvalue weighted by molar-refractivity contribution is 6.76. The van der Waals surface area contributed by atoms with Crippen molar-refractivity contribution >= 4 is 19.8 Å². The van der Waals surface area contributed by atoms with Crippen LogP contribution in [-0.4, -0.2) is 37.6 Å². The third-order valence-electron chi connectivity index (χ3n) is 3.76. The average molecular weight is 323 g/mol. The van der Waals surface area contributed by atoms with Crippen LogP contribution < -0.4 is 0 Å². The van der Waals surface area contributed by atoms with E-state index >= 15 is 0 Å². The second-order valence-electron chi connectivity index (χ2n) is 6.82. The number of hydrogen-bond donors (Lipinski definition) is 0. The molecule has 0 radical (unpaired) electrons. The van der Waals surface area contributed by atoms with Crippen molar-refractivity contribution in [1.82, 2.24) is 4.57 Å². The number of esters is 1. The molecule has 0 aromatic carbocycles. The van der Waals surface area contributed by atoms with E-state index in [0.29, 0.717) is 37.4 Å². The van der Waals surface area contributed by atoms with Crippen LogP contribution in [0.2, 0.25) is 25.7 Å². The lowest BCUT2D eigenvalue weighted by molar-refractivity contribution is 0.0470. The fourth-order valence-electron chi connectivity index (χ4n) is 2.53. The number of rotatable bonds is 7. The van der Waals surface area contributed by atoms with Crippen molar-refractivity contribution in [3.63, 3.8) is 0 Å². The molecule has 0 fully saturated rings. The third kappa shape index (κ3) is 3.87. The Bertz CT molecular complexity index is 571. The van der Waals surface area contributed by atoms with Gasteiger partial charge in [0.2, 0.25) is 0 Å². The first-order valence-corrected chi connectivity index (χ1v) is 11.5. The molecule has 22 heavy (non-hydrogen) atoms. The van der Waals surface area contributed by atoms with Gasteiger partial charge in [-0.2, -0.15) is 0 Å². The smallest absolute Gasteiger partial charge is 0.355 e. The molecule has 0 unspecified atom stereocenters. The molecule has 122 valence electrons. The summed E-state index contributed by atoms with van der Waals surface area (Å²) in [6, 6.07) is 2.83. The molecule has 0 spiro atoms. The number of aryl methyl sites for hydroxylation is 1. The van der Waals surface area contributed by atoms with Crippen LogP contribution in [0.3, 0.4) is 0 Å². The second-order valence-corrected chi connectivity index (χ2v) is 12.4. The summed E-state index contributed by atoms with van der Waals surface area (Å²) in [7, 11) is -1.15. The van der Waals surface area contributed by atoms with Gasteiger partial charge in [-0.25, -0.2) is 4.79 Å². The minimum Gasteiger partial charge on any atom is -0.461 e. The first-order chi connectivity index (χ1) is 10.3. The maximum Gasteiger partial charge on any atom is 0.355 e. The van der Waals surface area contributed by atoms with Crippen molar-refractivity contribution in [3.8, 4) is 0 Å². The summed E-state index contributed by atoms with van der Waals surface area (Å²) in [5.74, 6) is -0.308.